The molecule has 0 saturated heterocycles. The normalized spacial score (nSPS) is 11.5. The van der Waals surface area contributed by atoms with Crippen molar-refractivity contribution in [2.45, 2.75) is 44.2 Å². The number of hydrogen-bond acceptors (Lipinski definition) is 4. The molecule has 35 heavy (non-hydrogen) atoms. The van der Waals surface area contributed by atoms with Crippen LogP contribution in [0.25, 0.3) is 0 Å². The number of halogens is 1. The number of rotatable bonds is 12. The monoisotopic (exact) mass is 495 g/mol. The number of amides is 2. The van der Waals surface area contributed by atoms with Crippen LogP contribution in [0, 0.1) is 0 Å². The summed E-state index contributed by atoms with van der Waals surface area (Å²) in [6, 6.07) is 25.0. The first kappa shape index (κ1) is 27.9. The number of hydrogen-bond donors (Lipinski definition) is 3. The standard InChI is InChI=1S/C28H33N3O3.ClH/c29-19-9-3-8-14-25(27(30)33)31(20-21-15-17-24(32)18-16-21)28(34)26(22-10-4-1-5-11-22)23-12-6-2-7-13-23;/h1-2,4-7,10-13,15-18,25-26,32H,3,8-9,14,19-20,29H2,(H2,30,33);1H/t25-;/m1./s1. The minimum absolute atomic E-state index is 0. The highest BCUT2D eigenvalue weighted by atomic mass is 35.5. The second kappa shape index (κ2) is 14.1. The quantitative estimate of drug-likeness (QED) is 0.324. The fourth-order valence-electron chi connectivity index (χ4n) is 4.18. The first-order valence-electron chi connectivity index (χ1n) is 11.7. The van der Waals surface area contributed by atoms with Crippen molar-refractivity contribution in [3.05, 3.63) is 102 Å². The molecule has 0 aromatic heterocycles. The molecule has 2 amide bonds. The summed E-state index contributed by atoms with van der Waals surface area (Å²) in [5.41, 5.74) is 14.0. The predicted octanol–water partition coefficient (Wildman–Crippen LogP) is 4.35. The van der Waals surface area contributed by atoms with Gasteiger partial charge in [0.05, 0.1) is 5.92 Å². The van der Waals surface area contributed by atoms with Crippen LogP contribution in [0.15, 0.2) is 84.9 Å². The third-order valence-electron chi connectivity index (χ3n) is 5.97. The van der Waals surface area contributed by atoms with Gasteiger partial charge in [-0.3, -0.25) is 9.59 Å². The Hall–Kier alpha value is -3.35. The largest absolute Gasteiger partial charge is 0.508 e. The summed E-state index contributed by atoms with van der Waals surface area (Å²) < 4.78 is 0. The van der Waals surface area contributed by atoms with E-state index in [9.17, 15) is 14.7 Å². The van der Waals surface area contributed by atoms with Crippen LogP contribution in [-0.4, -0.2) is 34.4 Å². The maximum atomic E-state index is 14.2. The second-order valence-corrected chi connectivity index (χ2v) is 8.44. The Morgan fingerprint density at radius 1 is 0.800 bits per heavy atom. The molecular formula is C28H34ClN3O3. The number of phenolic OH excluding ortho intramolecular Hbond substituents is 1. The number of carbonyl (C=O) groups excluding carboxylic acids is 2. The van der Waals surface area contributed by atoms with Crippen molar-refractivity contribution in [3.8, 4) is 5.75 Å². The van der Waals surface area contributed by atoms with E-state index in [1.165, 1.54) is 0 Å². The maximum absolute atomic E-state index is 14.2. The van der Waals surface area contributed by atoms with Gasteiger partial charge in [-0.2, -0.15) is 0 Å². The zero-order valence-electron chi connectivity index (χ0n) is 19.8. The first-order valence-corrected chi connectivity index (χ1v) is 11.7. The molecule has 0 saturated carbocycles. The minimum Gasteiger partial charge on any atom is -0.508 e. The van der Waals surface area contributed by atoms with Crippen molar-refractivity contribution < 1.29 is 14.7 Å². The van der Waals surface area contributed by atoms with Gasteiger partial charge in [-0.15, -0.1) is 12.4 Å². The molecule has 0 spiro atoms. The Labute approximate surface area is 213 Å². The summed E-state index contributed by atoms with van der Waals surface area (Å²) in [6.07, 6.45) is 2.93. The highest BCUT2D eigenvalue weighted by molar-refractivity contribution is 5.92. The molecule has 0 bridgehead atoms. The summed E-state index contributed by atoms with van der Waals surface area (Å²) in [7, 11) is 0. The zero-order valence-corrected chi connectivity index (χ0v) is 20.6. The van der Waals surface area contributed by atoms with E-state index in [4.69, 9.17) is 11.5 Å². The molecule has 0 heterocycles. The van der Waals surface area contributed by atoms with E-state index in [-0.39, 0.29) is 30.6 Å². The summed E-state index contributed by atoms with van der Waals surface area (Å²) in [5, 5.41) is 9.68. The molecule has 0 unspecified atom stereocenters. The number of primary amides is 1. The third kappa shape index (κ3) is 7.84. The molecule has 3 aromatic rings. The number of unbranched alkanes of at least 4 members (excludes halogenated alkanes) is 2. The Morgan fingerprint density at radius 2 is 1.34 bits per heavy atom. The molecule has 186 valence electrons. The molecule has 7 heteroatoms. The van der Waals surface area contributed by atoms with Gasteiger partial charge in [0.25, 0.3) is 0 Å². The average molecular weight is 496 g/mol. The molecule has 1 atom stereocenters. The highest BCUT2D eigenvalue weighted by Crippen LogP contribution is 2.29. The molecular weight excluding hydrogens is 462 g/mol. The van der Waals surface area contributed by atoms with Crippen LogP contribution in [0.3, 0.4) is 0 Å². The summed E-state index contributed by atoms with van der Waals surface area (Å²) in [4.78, 5) is 28.4. The fraction of sp³-hybridized carbons (Fsp3) is 0.286. The van der Waals surface area contributed by atoms with Gasteiger partial charge >= 0.3 is 0 Å². The summed E-state index contributed by atoms with van der Waals surface area (Å²) in [6.45, 7) is 0.793. The number of nitrogens with two attached hydrogens (primary N) is 2. The van der Waals surface area contributed by atoms with Crippen molar-refractivity contribution in [1.29, 1.82) is 0 Å². The SMILES string of the molecule is Cl.NCCCCC[C@H](C(N)=O)N(Cc1ccc(O)cc1)C(=O)C(c1ccccc1)c1ccccc1. The van der Waals surface area contributed by atoms with E-state index in [2.05, 4.69) is 0 Å². The van der Waals surface area contributed by atoms with Crippen LogP contribution in [0.5, 0.6) is 5.75 Å². The Morgan fingerprint density at radius 3 is 1.83 bits per heavy atom. The number of nitrogens with zero attached hydrogens (tertiary/aromatic N) is 1. The van der Waals surface area contributed by atoms with Gasteiger partial charge < -0.3 is 21.5 Å². The van der Waals surface area contributed by atoms with E-state index in [0.717, 1.165) is 36.0 Å². The summed E-state index contributed by atoms with van der Waals surface area (Å²) >= 11 is 0. The van der Waals surface area contributed by atoms with Gasteiger partial charge in [-0.05, 0) is 48.2 Å². The number of carbonyl (C=O) groups is 2. The van der Waals surface area contributed by atoms with Crippen LogP contribution in [0.2, 0.25) is 0 Å². The molecule has 0 aliphatic heterocycles. The summed E-state index contributed by atoms with van der Waals surface area (Å²) in [5.74, 6) is -1.15. The van der Waals surface area contributed by atoms with Gasteiger partial charge in [0.15, 0.2) is 0 Å². The van der Waals surface area contributed by atoms with E-state index in [1.54, 1.807) is 29.2 Å². The molecule has 0 aliphatic rings. The van der Waals surface area contributed by atoms with E-state index < -0.39 is 17.9 Å². The molecule has 6 nitrogen and oxygen atoms in total. The van der Waals surface area contributed by atoms with Gasteiger partial charge in [0, 0.05) is 6.54 Å². The van der Waals surface area contributed by atoms with Crippen molar-refractivity contribution in [3.63, 3.8) is 0 Å². The topological polar surface area (TPSA) is 110 Å². The van der Waals surface area contributed by atoms with Crippen LogP contribution in [0.1, 0.15) is 48.3 Å². The van der Waals surface area contributed by atoms with Crippen molar-refractivity contribution in [2.24, 2.45) is 11.5 Å². The minimum atomic E-state index is -0.756. The second-order valence-electron chi connectivity index (χ2n) is 8.44. The van der Waals surface area contributed by atoms with Crippen molar-refractivity contribution in [2.75, 3.05) is 6.54 Å². The molecule has 0 fully saturated rings. The van der Waals surface area contributed by atoms with Gasteiger partial charge in [0.1, 0.15) is 11.8 Å². The average Bonchev–Trinajstić information content (AvgIpc) is 2.85. The number of phenols is 1. The first-order chi connectivity index (χ1) is 16.5. The van der Waals surface area contributed by atoms with Gasteiger partial charge in [0.2, 0.25) is 11.8 Å². The Bertz CT molecular complexity index is 1010. The lowest BCUT2D eigenvalue weighted by Gasteiger charge is -2.33. The molecule has 3 rings (SSSR count). The maximum Gasteiger partial charge on any atom is 0.240 e. The van der Waals surface area contributed by atoms with Crippen molar-refractivity contribution >= 4 is 24.2 Å². The predicted molar refractivity (Wildman–Crippen MR) is 141 cm³/mol. The van der Waals surface area contributed by atoms with Gasteiger partial charge in [-0.25, -0.2) is 0 Å². The van der Waals surface area contributed by atoms with Crippen LogP contribution >= 0.6 is 12.4 Å². The molecule has 3 aromatic carbocycles. The highest BCUT2D eigenvalue weighted by Gasteiger charge is 2.34. The van der Waals surface area contributed by atoms with E-state index >= 15 is 0 Å². The van der Waals surface area contributed by atoms with Crippen LogP contribution in [0.4, 0.5) is 0 Å². The lowest BCUT2D eigenvalue weighted by molar-refractivity contribution is -0.141. The lowest BCUT2D eigenvalue weighted by atomic mass is 9.89. The van der Waals surface area contributed by atoms with Crippen LogP contribution in [-0.2, 0) is 16.1 Å². The molecule has 5 N–H and O–H groups in total. The smallest absolute Gasteiger partial charge is 0.240 e. The number of benzene rings is 3. The fourth-order valence-corrected chi connectivity index (χ4v) is 4.18. The molecule has 0 aliphatic carbocycles. The van der Waals surface area contributed by atoms with E-state index in [1.807, 2.05) is 60.7 Å². The Balaban J connectivity index is 0.00000432. The molecule has 0 radical (unpaired) electrons. The van der Waals surface area contributed by atoms with Crippen LogP contribution < -0.4 is 11.5 Å². The zero-order chi connectivity index (χ0) is 24.3. The van der Waals surface area contributed by atoms with E-state index in [0.29, 0.717) is 13.0 Å². The Kier molecular flexibility index (Phi) is 11.3. The number of aromatic hydroxyl groups is 1. The lowest BCUT2D eigenvalue weighted by Crippen LogP contribution is -2.49. The van der Waals surface area contributed by atoms with Gasteiger partial charge in [-0.1, -0.05) is 85.6 Å². The third-order valence-corrected chi connectivity index (χ3v) is 5.97. The van der Waals surface area contributed by atoms with Crippen molar-refractivity contribution in [1.82, 2.24) is 4.90 Å².